The number of benzene rings is 1. The molecule has 1 aliphatic carbocycles. The Morgan fingerprint density at radius 2 is 1.85 bits per heavy atom. The molecule has 112 valence electrons. The van der Waals surface area contributed by atoms with E-state index in [1.807, 2.05) is 24.3 Å². The molecule has 0 heterocycles. The molecule has 4 nitrogen and oxygen atoms in total. The first-order valence-electron chi connectivity index (χ1n) is 7.56. The van der Waals surface area contributed by atoms with Crippen LogP contribution in [0.3, 0.4) is 0 Å². The Hall–Kier alpha value is -0.940. The summed E-state index contributed by atoms with van der Waals surface area (Å²) in [5.41, 5.74) is 7.57. The summed E-state index contributed by atoms with van der Waals surface area (Å²) in [5.74, 6) is 0. The van der Waals surface area contributed by atoms with E-state index in [-0.39, 0.29) is 6.61 Å². The van der Waals surface area contributed by atoms with Crippen molar-refractivity contribution in [1.29, 1.82) is 0 Å². The molecule has 1 saturated carbocycles. The van der Waals surface area contributed by atoms with Crippen LogP contribution in [0, 0.1) is 0 Å². The highest BCUT2D eigenvalue weighted by atomic mass is 16.3. The number of aliphatic hydroxyl groups is 2. The monoisotopic (exact) mass is 278 g/mol. The van der Waals surface area contributed by atoms with E-state index in [2.05, 4.69) is 4.90 Å². The second-order valence-electron chi connectivity index (χ2n) is 5.62. The van der Waals surface area contributed by atoms with Crippen LogP contribution >= 0.6 is 0 Å². The quantitative estimate of drug-likeness (QED) is 0.705. The average Bonchev–Trinajstić information content (AvgIpc) is 3.01. The molecule has 1 atom stereocenters. The third-order valence-corrected chi connectivity index (χ3v) is 4.24. The van der Waals surface area contributed by atoms with Crippen molar-refractivity contribution in [1.82, 2.24) is 4.90 Å². The van der Waals surface area contributed by atoms with Gasteiger partial charge in [-0.15, -0.1) is 0 Å². The van der Waals surface area contributed by atoms with E-state index in [1.54, 1.807) is 0 Å². The van der Waals surface area contributed by atoms with Crippen LogP contribution in [-0.4, -0.2) is 40.9 Å². The van der Waals surface area contributed by atoms with Crippen LogP contribution in [0.1, 0.15) is 42.9 Å². The van der Waals surface area contributed by atoms with E-state index in [0.717, 1.165) is 11.1 Å². The highest BCUT2D eigenvalue weighted by molar-refractivity contribution is 5.24. The lowest BCUT2D eigenvalue weighted by atomic mass is 10.1. The summed E-state index contributed by atoms with van der Waals surface area (Å²) in [6, 6.07) is 8.33. The standard InChI is InChI=1S/C16H26N2O2/c17-11-13-5-7-14(8-6-13)16(20)12-18(9-10-19)15-3-1-2-4-15/h5-8,15-16,19-20H,1-4,9-12,17H2. The summed E-state index contributed by atoms with van der Waals surface area (Å²) in [7, 11) is 0. The van der Waals surface area contributed by atoms with Crippen molar-refractivity contribution in [3.05, 3.63) is 35.4 Å². The minimum Gasteiger partial charge on any atom is -0.395 e. The van der Waals surface area contributed by atoms with Crippen LogP contribution in [0.5, 0.6) is 0 Å². The van der Waals surface area contributed by atoms with Gasteiger partial charge in [-0.1, -0.05) is 37.1 Å². The van der Waals surface area contributed by atoms with E-state index in [1.165, 1.54) is 25.7 Å². The van der Waals surface area contributed by atoms with Gasteiger partial charge >= 0.3 is 0 Å². The van der Waals surface area contributed by atoms with Crippen LogP contribution in [0.2, 0.25) is 0 Å². The molecule has 1 aromatic rings. The molecule has 0 aliphatic heterocycles. The van der Waals surface area contributed by atoms with Crippen LogP contribution in [0.4, 0.5) is 0 Å². The number of aliphatic hydroxyl groups excluding tert-OH is 2. The van der Waals surface area contributed by atoms with Crippen molar-refractivity contribution in [2.75, 3.05) is 19.7 Å². The zero-order valence-corrected chi connectivity index (χ0v) is 12.0. The van der Waals surface area contributed by atoms with Gasteiger partial charge in [-0.2, -0.15) is 0 Å². The Balaban J connectivity index is 1.97. The third-order valence-electron chi connectivity index (χ3n) is 4.24. The van der Waals surface area contributed by atoms with Crippen LogP contribution in [-0.2, 0) is 6.54 Å². The molecule has 20 heavy (non-hydrogen) atoms. The second-order valence-corrected chi connectivity index (χ2v) is 5.62. The van der Waals surface area contributed by atoms with Gasteiger partial charge in [0.15, 0.2) is 0 Å². The fourth-order valence-electron chi connectivity index (χ4n) is 3.02. The molecule has 0 saturated heterocycles. The molecular weight excluding hydrogens is 252 g/mol. The highest BCUT2D eigenvalue weighted by Gasteiger charge is 2.24. The maximum absolute atomic E-state index is 10.4. The Bertz CT molecular complexity index is 388. The molecule has 4 N–H and O–H groups in total. The molecule has 1 aliphatic rings. The molecule has 0 spiro atoms. The largest absolute Gasteiger partial charge is 0.395 e. The van der Waals surface area contributed by atoms with Gasteiger partial charge in [0.2, 0.25) is 0 Å². The predicted molar refractivity (Wildman–Crippen MR) is 80.2 cm³/mol. The van der Waals surface area contributed by atoms with E-state index in [0.29, 0.717) is 25.7 Å². The van der Waals surface area contributed by atoms with Gasteiger partial charge in [-0.25, -0.2) is 0 Å². The summed E-state index contributed by atoms with van der Waals surface area (Å²) >= 11 is 0. The summed E-state index contributed by atoms with van der Waals surface area (Å²) in [4.78, 5) is 2.23. The lowest BCUT2D eigenvalue weighted by Crippen LogP contribution is -2.38. The zero-order chi connectivity index (χ0) is 14.4. The Morgan fingerprint density at radius 1 is 1.20 bits per heavy atom. The zero-order valence-electron chi connectivity index (χ0n) is 12.0. The molecule has 1 aromatic carbocycles. The van der Waals surface area contributed by atoms with E-state index >= 15 is 0 Å². The first-order valence-corrected chi connectivity index (χ1v) is 7.56. The second kappa shape index (κ2) is 7.74. The molecule has 2 rings (SSSR count). The van der Waals surface area contributed by atoms with Crippen molar-refractivity contribution in [3.63, 3.8) is 0 Å². The molecule has 0 radical (unpaired) electrons. The Labute approximate surface area is 121 Å². The normalized spacial score (nSPS) is 17.8. The Morgan fingerprint density at radius 3 is 2.40 bits per heavy atom. The molecule has 4 heteroatoms. The fraction of sp³-hybridized carbons (Fsp3) is 0.625. The lowest BCUT2D eigenvalue weighted by Gasteiger charge is -2.30. The first kappa shape index (κ1) is 15.4. The molecule has 0 aromatic heterocycles. The van der Waals surface area contributed by atoms with Crippen LogP contribution < -0.4 is 5.73 Å². The Kier molecular flexibility index (Phi) is 5.98. The van der Waals surface area contributed by atoms with E-state index in [9.17, 15) is 10.2 Å². The number of nitrogens with zero attached hydrogens (tertiary/aromatic N) is 1. The summed E-state index contributed by atoms with van der Waals surface area (Å²) in [5, 5.41) is 19.6. The van der Waals surface area contributed by atoms with Crippen LogP contribution in [0.25, 0.3) is 0 Å². The smallest absolute Gasteiger partial charge is 0.0917 e. The van der Waals surface area contributed by atoms with Gasteiger partial charge in [0.1, 0.15) is 0 Å². The van der Waals surface area contributed by atoms with Crippen molar-refractivity contribution in [2.45, 2.75) is 44.4 Å². The SMILES string of the molecule is NCc1ccc(C(O)CN(CCO)C2CCCC2)cc1. The number of rotatable bonds is 7. The molecule has 1 fully saturated rings. The van der Waals surface area contributed by atoms with E-state index in [4.69, 9.17) is 5.73 Å². The molecule has 0 bridgehead atoms. The molecule has 1 unspecified atom stereocenters. The topological polar surface area (TPSA) is 69.7 Å². The van der Waals surface area contributed by atoms with Gasteiger partial charge < -0.3 is 15.9 Å². The number of nitrogens with two attached hydrogens (primary N) is 1. The minimum absolute atomic E-state index is 0.148. The molecular formula is C16H26N2O2. The van der Waals surface area contributed by atoms with Crippen molar-refractivity contribution < 1.29 is 10.2 Å². The van der Waals surface area contributed by atoms with Gasteiger partial charge in [-0.3, -0.25) is 4.90 Å². The first-order chi connectivity index (χ1) is 9.74. The van der Waals surface area contributed by atoms with Gasteiger partial charge in [-0.05, 0) is 24.0 Å². The fourth-order valence-corrected chi connectivity index (χ4v) is 3.02. The van der Waals surface area contributed by atoms with Crippen LogP contribution in [0.15, 0.2) is 24.3 Å². The van der Waals surface area contributed by atoms with Crippen molar-refractivity contribution in [3.8, 4) is 0 Å². The average molecular weight is 278 g/mol. The maximum Gasteiger partial charge on any atom is 0.0917 e. The van der Waals surface area contributed by atoms with E-state index < -0.39 is 6.10 Å². The minimum atomic E-state index is -0.506. The van der Waals surface area contributed by atoms with Crippen molar-refractivity contribution >= 4 is 0 Å². The molecule has 0 amide bonds. The lowest BCUT2D eigenvalue weighted by molar-refractivity contribution is 0.0741. The summed E-state index contributed by atoms with van der Waals surface area (Å²) < 4.78 is 0. The van der Waals surface area contributed by atoms with Crippen molar-refractivity contribution in [2.24, 2.45) is 5.73 Å². The van der Waals surface area contributed by atoms with Gasteiger partial charge in [0.25, 0.3) is 0 Å². The van der Waals surface area contributed by atoms with Gasteiger partial charge in [0.05, 0.1) is 12.7 Å². The third kappa shape index (κ3) is 4.03. The summed E-state index contributed by atoms with van der Waals surface area (Å²) in [6.45, 7) is 1.90. The highest BCUT2D eigenvalue weighted by Crippen LogP contribution is 2.25. The number of hydrogen-bond acceptors (Lipinski definition) is 4. The predicted octanol–water partition coefficient (Wildman–Crippen LogP) is 1.42. The number of hydrogen-bond donors (Lipinski definition) is 3. The maximum atomic E-state index is 10.4. The summed E-state index contributed by atoms with van der Waals surface area (Å²) in [6.07, 6.45) is 4.37. The van der Waals surface area contributed by atoms with Gasteiger partial charge in [0, 0.05) is 25.7 Å².